The summed E-state index contributed by atoms with van der Waals surface area (Å²) in [6.07, 6.45) is -0.972. The van der Waals surface area contributed by atoms with Gasteiger partial charge in [0.05, 0.1) is 39.6 Å². The first-order chi connectivity index (χ1) is 20.5. The highest BCUT2D eigenvalue weighted by Crippen LogP contribution is 2.19. The zero-order valence-corrected chi connectivity index (χ0v) is 24.4. The van der Waals surface area contributed by atoms with Crippen molar-refractivity contribution in [3.05, 3.63) is 108 Å². The topological polar surface area (TPSA) is 94.1 Å². The van der Waals surface area contributed by atoms with Crippen molar-refractivity contribution in [1.29, 1.82) is 0 Å². The Kier molecular flexibility index (Phi) is 12.5. The van der Waals surface area contributed by atoms with E-state index in [1.807, 2.05) is 112 Å². The average molecular weight is 574 g/mol. The van der Waals surface area contributed by atoms with Crippen molar-refractivity contribution in [1.82, 2.24) is 15.0 Å². The third-order valence-electron chi connectivity index (χ3n) is 5.89. The smallest absolute Gasteiger partial charge is 0.326 e. The largest absolute Gasteiger partial charge is 0.458 e. The van der Waals surface area contributed by atoms with Gasteiger partial charge in [0.25, 0.3) is 0 Å². The molecule has 42 heavy (non-hydrogen) atoms. The second kappa shape index (κ2) is 17.0. The second-order valence-electron chi connectivity index (χ2n) is 9.97. The molecule has 3 unspecified atom stereocenters. The Balaban J connectivity index is 1.33. The molecule has 1 heterocycles. The lowest BCUT2D eigenvalue weighted by Gasteiger charge is -2.18. The molecule has 3 atom stereocenters. The lowest BCUT2D eigenvalue weighted by atomic mass is 10.2. The van der Waals surface area contributed by atoms with Crippen LogP contribution in [0.5, 0.6) is 18.0 Å². The van der Waals surface area contributed by atoms with Gasteiger partial charge in [-0.15, -0.1) is 15.0 Å². The quantitative estimate of drug-likeness (QED) is 0.146. The van der Waals surface area contributed by atoms with Crippen molar-refractivity contribution in [2.24, 2.45) is 0 Å². The Labute approximate surface area is 247 Å². The molecular weight excluding hydrogens is 534 g/mol. The van der Waals surface area contributed by atoms with Gasteiger partial charge in [-0.25, -0.2) is 0 Å². The molecule has 0 fully saturated rings. The van der Waals surface area contributed by atoms with Crippen LogP contribution in [0.3, 0.4) is 0 Å². The number of ether oxygens (including phenoxy) is 6. The highest BCUT2D eigenvalue weighted by atomic mass is 16.6. The summed E-state index contributed by atoms with van der Waals surface area (Å²) < 4.78 is 35.3. The van der Waals surface area contributed by atoms with Gasteiger partial charge in [0, 0.05) is 0 Å². The van der Waals surface area contributed by atoms with Crippen molar-refractivity contribution in [3.8, 4) is 18.0 Å². The van der Waals surface area contributed by atoms with Crippen molar-refractivity contribution in [3.63, 3.8) is 0 Å². The third-order valence-corrected chi connectivity index (χ3v) is 5.89. The summed E-state index contributed by atoms with van der Waals surface area (Å²) in [5.41, 5.74) is 3.26. The lowest BCUT2D eigenvalue weighted by Crippen LogP contribution is -2.24. The average Bonchev–Trinajstić information content (AvgIpc) is 2.98. The summed E-state index contributed by atoms with van der Waals surface area (Å²) in [5.74, 6) is 0. The second-order valence-corrected chi connectivity index (χ2v) is 9.97. The lowest BCUT2D eigenvalue weighted by molar-refractivity contribution is 0.0318. The molecule has 9 nitrogen and oxygen atoms in total. The van der Waals surface area contributed by atoms with Gasteiger partial charge in [-0.2, -0.15) is 0 Å². The molecule has 0 spiro atoms. The van der Waals surface area contributed by atoms with Crippen LogP contribution in [0, 0.1) is 0 Å². The maximum absolute atomic E-state index is 5.96. The first-order valence-corrected chi connectivity index (χ1v) is 14.1. The molecule has 4 rings (SSSR count). The van der Waals surface area contributed by atoms with Gasteiger partial charge in [0.1, 0.15) is 18.3 Å². The van der Waals surface area contributed by atoms with Gasteiger partial charge in [-0.1, -0.05) is 91.0 Å². The van der Waals surface area contributed by atoms with Crippen LogP contribution >= 0.6 is 0 Å². The van der Waals surface area contributed by atoms with Gasteiger partial charge >= 0.3 is 18.0 Å². The first-order valence-electron chi connectivity index (χ1n) is 14.1. The van der Waals surface area contributed by atoms with Crippen LogP contribution < -0.4 is 14.2 Å². The molecule has 0 saturated carbocycles. The highest BCUT2D eigenvalue weighted by molar-refractivity contribution is 5.15. The van der Waals surface area contributed by atoms with Crippen LogP contribution in [0.4, 0.5) is 0 Å². The van der Waals surface area contributed by atoms with Gasteiger partial charge in [0.15, 0.2) is 0 Å². The van der Waals surface area contributed by atoms with Crippen LogP contribution in [-0.2, 0) is 34.0 Å². The molecule has 4 aromatic rings. The molecule has 0 bridgehead atoms. The van der Waals surface area contributed by atoms with Crippen LogP contribution in [-0.4, -0.2) is 53.1 Å². The van der Waals surface area contributed by atoms with Crippen molar-refractivity contribution in [2.75, 3.05) is 19.8 Å². The number of nitrogens with zero attached hydrogens (tertiary/aromatic N) is 3. The van der Waals surface area contributed by atoms with E-state index in [1.165, 1.54) is 0 Å². The molecule has 0 saturated heterocycles. The SMILES string of the molecule is CC(COCc1ccccc1)Oc1nc(OC(C)COCc2ccccc2)nc(OC(C)COCc2ccccc2)n1. The molecule has 0 aliphatic carbocycles. The summed E-state index contributed by atoms with van der Waals surface area (Å²) in [6, 6.07) is 30.1. The standard InChI is InChI=1S/C33H39N3O6/c1-25(19-37-22-28-13-7-4-8-14-28)40-31-34-32(41-26(2)20-38-23-29-15-9-5-10-16-29)36-33(35-31)42-27(3)21-39-24-30-17-11-6-12-18-30/h4-18,25-27H,19-24H2,1-3H3. The number of hydrogen-bond donors (Lipinski definition) is 0. The number of rotatable bonds is 18. The molecule has 222 valence electrons. The van der Waals surface area contributed by atoms with Crippen LogP contribution in [0.15, 0.2) is 91.0 Å². The minimum absolute atomic E-state index is 0.0839. The van der Waals surface area contributed by atoms with Crippen molar-refractivity contribution < 1.29 is 28.4 Å². The maximum Gasteiger partial charge on any atom is 0.326 e. The predicted molar refractivity (Wildman–Crippen MR) is 158 cm³/mol. The fraction of sp³-hybridized carbons (Fsp3) is 0.364. The predicted octanol–water partition coefficient (Wildman–Crippen LogP) is 5.82. The van der Waals surface area contributed by atoms with E-state index in [9.17, 15) is 0 Å². The van der Waals surface area contributed by atoms with Crippen LogP contribution in [0.25, 0.3) is 0 Å². The Hall–Kier alpha value is -4.05. The minimum atomic E-state index is -0.324. The van der Waals surface area contributed by atoms with Crippen molar-refractivity contribution >= 4 is 0 Å². The Morgan fingerprint density at radius 1 is 0.429 bits per heavy atom. The maximum atomic E-state index is 5.96. The van der Waals surface area contributed by atoms with E-state index in [-0.39, 0.29) is 36.3 Å². The highest BCUT2D eigenvalue weighted by Gasteiger charge is 2.17. The van der Waals surface area contributed by atoms with E-state index in [4.69, 9.17) is 28.4 Å². The van der Waals surface area contributed by atoms with Gasteiger partial charge in [-0.05, 0) is 37.5 Å². The van der Waals surface area contributed by atoms with Crippen LogP contribution in [0.2, 0.25) is 0 Å². The van der Waals surface area contributed by atoms with E-state index >= 15 is 0 Å². The zero-order valence-electron chi connectivity index (χ0n) is 24.4. The number of benzene rings is 3. The normalized spacial score (nSPS) is 13.2. The molecule has 1 aromatic heterocycles. The fourth-order valence-electron chi connectivity index (χ4n) is 3.87. The summed E-state index contributed by atoms with van der Waals surface area (Å²) in [4.78, 5) is 13.1. The van der Waals surface area contributed by atoms with E-state index in [0.717, 1.165) is 16.7 Å². The van der Waals surface area contributed by atoms with E-state index in [1.54, 1.807) is 0 Å². The van der Waals surface area contributed by atoms with E-state index in [0.29, 0.717) is 39.6 Å². The zero-order chi connectivity index (χ0) is 29.4. The van der Waals surface area contributed by atoms with Gasteiger partial charge in [0.2, 0.25) is 0 Å². The van der Waals surface area contributed by atoms with E-state index in [2.05, 4.69) is 15.0 Å². The molecule has 9 heteroatoms. The molecule has 0 aliphatic rings. The fourth-order valence-corrected chi connectivity index (χ4v) is 3.87. The summed E-state index contributed by atoms with van der Waals surface area (Å²) in [5, 5.41) is 0. The Morgan fingerprint density at radius 2 is 0.690 bits per heavy atom. The van der Waals surface area contributed by atoms with Gasteiger partial charge in [-0.3, -0.25) is 0 Å². The number of aromatic nitrogens is 3. The number of hydrogen-bond acceptors (Lipinski definition) is 9. The van der Waals surface area contributed by atoms with Crippen LogP contribution in [0.1, 0.15) is 37.5 Å². The molecule has 3 aromatic carbocycles. The Morgan fingerprint density at radius 3 is 0.952 bits per heavy atom. The molecular formula is C33H39N3O6. The monoisotopic (exact) mass is 573 g/mol. The minimum Gasteiger partial charge on any atom is -0.458 e. The van der Waals surface area contributed by atoms with Crippen molar-refractivity contribution in [2.45, 2.75) is 58.9 Å². The van der Waals surface area contributed by atoms with Gasteiger partial charge < -0.3 is 28.4 Å². The molecule has 0 aliphatic heterocycles. The Bertz CT molecular complexity index is 1120. The summed E-state index contributed by atoms with van der Waals surface area (Å²) in [7, 11) is 0. The van der Waals surface area contributed by atoms with E-state index < -0.39 is 0 Å². The molecule has 0 N–H and O–H groups in total. The molecule has 0 radical (unpaired) electrons. The molecule has 0 amide bonds. The summed E-state index contributed by atoms with van der Waals surface area (Å²) >= 11 is 0. The third kappa shape index (κ3) is 11.4. The first kappa shape index (κ1) is 30.9. The summed E-state index contributed by atoms with van der Waals surface area (Å²) in [6.45, 7) is 8.14.